The summed E-state index contributed by atoms with van der Waals surface area (Å²) in [6.07, 6.45) is 3.55. The van der Waals surface area contributed by atoms with E-state index >= 15 is 0 Å². The standard InChI is InChI=1S/C19H19N3O2/c1-4-24-19(23)17-12-18(22(3)21-17)16-11-15(6-5-13(16)2)14-7-9-20-10-8-14/h5-12H,4H2,1-3H3. The lowest BCUT2D eigenvalue weighted by Gasteiger charge is -2.09. The fourth-order valence-corrected chi connectivity index (χ4v) is 2.65. The molecule has 0 saturated carbocycles. The molecule has 122 valence electrons. The number of hydrogen-bond donors (Lipinski definition) is 0. The largest absolute Gasteiger partial charge is 0.461 e. The maximum Gasteiger partial charge on any atom is 0.358 e. The molecular formula is C19H19N3O2. The minimum absolute atomic E-state index is 0.322. The van der Waals surface area contributed by atoms with Crippen LogP contribution in [0, 0.1) is 6.92 Å². The van der Waals surface area contributed by atoms with Crippen LogP contribution in [-0.2, 0) is 11.8 Å². The van der Waals surface area contributed by atoms with Crippen LogP contribution in [0.3, 0.4) is 0 Å². The number of carbonyl (C=O) groups excluding carboxylic acids is 1. The highest BCUT2D eigenvalue weighted by molar-refractivity contribution is 5.89. The van der Waals surface area contributed by atoms with Crippen molar-refractivity contribution >= 4 is 5.97 Å². The molecular weight excluding hydrogens is 302 g/mol. The van der Waals surface area contributed by atoms with Crippen molar-refractivity contribution < 1.29 is 9.53 Å². The molecule has 0 saturated heterocycles. The van der Waals surface area contributed by atoms with Gasteiger partial charge in [0, 0.05) is 25.0 Å². The maximum absolute atomic E-state index is 11.9. The summed E-state index contributed by atoms with van der Waals surface area (Å²) in [6.45, 7) is 4.16. The SMILES string of the molecule is CCOC(=O)c1cc(-c2cc(-c3ccncc3)ccc2C)n(C)n1. The lowest BCUT2D eigenvalue weighted by molar-refractivity contribution is 0.0518. The van der Waals surface area contributed by atoms with Crippen molar-refractivity contribution in [3.05, 3.63) is 60.0 Å². The number of hydrogen-bond acceptors (Lipinski definition) is 4. The van der Waals surface area contributed by atoms with Crippen molar-refractivity contribution in [1.29, 1.82) is 0 Å². The smallest absolute Gasteiger partial charge is 0.358 e. The molecule has 0 spiro atoms. The molecule has 3 aromatic rings. The Labute approximate surface area is 140 Å². The van der Waals surface area contributed by atoms with E-state index in [1.807, 2.05) is 26.1 Å². The van der Waals surface area contributed by atoms with E-state index < -0.39 is 5.97 Å². The highest BCUT2D eigenvalue weighted by atomic mass is 16.5. The fraction of sp³-hybridized carbons (Fsp3) is 0.211. The first kappa shape index (κ1) is 15.9. The normalized spacial score (nSPS) is 10.6. The van der Waals surface area contributed by atoms with E-state index in [1.165, 1.54) is 0 Å². The molecule has 0 fully saturated rings. The van der Waals surface area contributed by atoms with Gasteiger partial charge in [-0.15, -0.1) is 0 Å². The molecule has 2 aromatic heterocycles. The first-order valence-electron chi connectivity index (χ1n) is 7.82. The van der Waals surface area contributed by atoms with Crippen LogP contribution in [0.1, 0.15) is 23.0 Å². The van der Waals surface area contributed by atoms with Crippen molar-refractivity contribution in [3.63, 3.8) is 0 Å². The first-order valence-corrected chi connectivity index (χ1v) is 7.82. The highest BCUT2D eigenvalue weighted by Crippen LogP contribution is 2.29. The van der Waals surface area contributed by atoms with Crippen LogP contribution in [0.4, 0.5) is 0 Å². The molecule has 0 radical (unpaired) electrons. The molecule has 3 rings (SSSR count). The Morgan fingerprint density at radius 2 is 1.88 bits per heavy atom. The third-order valence-corrected chi connectivity index (χ3v) is 3.89. The number of ether oxygens (including phenoxy) is 1. The molecule has 0 atom stereocenters. The van der Waals surface area contributed by atoms with Gasteiger partial charge in [-0.1, -0.05) is 12.1 Å². The molecule has 1 aromatic carbocycles. The van der Waals surface area contributed by atoms with Crippen LogP contribution in [-0.4, -0.2) is 27.3 Å². The Kier molecular flexibility index (Phi) is 4.42. The average Bonchev–Trinajstić information content (AvgIpc) is 2.98. The monoisotopic (exact) mass is 321 g/mol. The van der Waals surface area contributed by atoms with Crippen molar-refractivity contribution in [3.8, 4) is 22.4 Å². The molecule has 0 aliphatic heterocycles. The second kappa shape index (κ2) is 6.66. The summed E-state index contributed by atoms with van der Waals surface area (Å²) in [6, 6.07) is 12.0. The summed E-state index contributed by atoms with van der Waals surface area (Å²) in [5, 5.41) is 4.28. The van der Waals surface area contributed by atoms with Crippen molar-refractivity contribution in [1.82, 2.24) is 14.8 Å². The molecule has 0 bridgehead atoms. The van der Waals surface area contributed by atoms with Crippen molar-refractivity contribution in [2.24, 2.45) is 7.05 Å². The van der Waals surface area contributed by atoms with Crippen LogP contribution in [0.15, 0.2) is 48.8 Å². The van der Waals surface area contributed by atoms with Gasteiger partial charge in [-0.3, -0.25) is 9.67 Å². The van der Waals surface area contributed by atoms with Gasteiger partial charge in [0.1, 0.15) is 0 Å². The quantitative estimate of drug-likeness (QED) is 0.689. The van der Waals surface area contributed by atoms with Gasteiger partial charge in [0.2, 0.25) is 0 Å². The van der Waals surface area contributed by atoms with Gasteiger partial charge in [0.15, 0.2) is 5.69 Å². The van der Waals surface area contributed by atoms with E-state index in [4.69, 9.17) is 4.74 Å². The molecule has 0 aliphatic carbocycles. The van der Waals surface area contributed by atoms with E-state index in [2.05, 4.69) is 28.3 Å². The Morgan fingerprint density at radius 3 is 2.58 bits per heavy atom. The number of rotatable bonds is 4. The van der Waals surface area contributed by atoms with Gasteiger partial charge in [0.25, 0.3) is 0 Å². The molecule has 0 unspecified atom stereocenters. The van der Waals surface area contributed by atoms with Crippen LogP contribution in [0.5, 0.6) is 0 Å². The summed E-state index contributed by atoms with van der Waals surface area (Å²) in [7, 11) is 1.83. The zero-order chi connectivity index (χ0) is 17.1. The second-order valence-electron chi connectivity index (χ2n) is 5.52. The third-order valence-electron chi connectivity index (χ3n) is 3.89. The summed E-state index contributed by atoms with van der Waals surface area (Å²) in [5.74, 6) is -0.401. The Bertz CT molecular complexity index is 870. The number of esters is 1. The van der Waals surface area contributed by atoms with Gasteiger partial charge in [-0.2, -0.15) is 5.10 Å². The number of aromatic nitrogens is 3. The van der Waals surface area contributed by atoms with E-state index in [0.29, 0.717) is 12.3 Å². The van der Waals surface area contributed by atoms with Crippen LogP contribution in [0.2, 0.25) is 0 Å². The third kappa shape index (κ3) is 3.06. The number of pyridine rings is 1. The van der Waals surface area contributed by atoms with Gasteiger partial charge < -0.3 is 4.74 Å². The molecule has 24 heavy (non-hydrogen) atoms. The Hall–Kier alpha value is -2.95. The fourth-order valence-electron chi connectivity index (χ4n) is 2.65. The van der Waals surface area contributed by atoms with E-state index in [-0.39, 0.29) is 0 Å². The van der Waals surface area contributed by atoms with E-state index in [9.17, 15) is 4.79 Å². The number of benzene rings is 1. The number of carbonyl (C=O) groups is 1. The number of aryl methyl sites for hydroxylation is 2. The zero-order valence-electron chi connectivity index (χ0n) is 14.0. The van der Waals surface area contributed by atoms with Gasteiger partial charge >= 0.3 is 5.97 Å². The van der Waals surface area contributed by atoms with Crippen molar-refractivity contribution in [2.75, 3.05) is 6.61 Å². The molecule has 5 nitrogen and oxygen atoms in total. The predicted molar refractivity (Wildman–Crippen MR) is 92.6 cm³/mol. The summed E-state index contributed by atoms with van der Waals surface area (Å²) >= 11 is 0. The van der Waals surface area contributed by atoms with Gasteiger partial charge in [0.05, 0.1) is 12.3 Å². The molecule has 0 amide bonds. The topological polar surface area (TPSA) is 57.0 Å². The average molecular weight is 321 g/mol. The summed E-state index contributed by atoms with van der Waals surface area (Å²) in [4.78, 5) is 16.0. The van der Waals surface area contributed by atoms with Crippen LogP contribution < -0.4 is 0 Å². The highest BCUT2D eigenvalue weighted by Gasteiger charge is 2.16. The van der Waals surface area contributed by atoms with Gasteiger partial charge in [-0.25, -0.2) is 4.79 Å². The molecule has 2 heterocycles. The predicted octanol–water partition coefficient (Wildman–Crippen LogP) is 3.63. The van der Waals surface area contributed by atoms with Gasteiger partial charge in [-0.05, 0) is 54.8 Å². The summed E-state index contributed by atoms with van der Waals surface area (Å²) < 4.78 is 6.75. The lowest BCUT2D eigenvalue weighted by atomic mass is 9.98. The number of nitrogens with zero attached hydrogens (tertiary/aromatic N) is 3. The van der Waals surface area contributed by atoms with Crippen molar-refractivity contribution in [2.45, 2.75) is 13.8 Å². The minimum Gasteiger partial charge on any atom is -0.461 e. The lowest BCUT2D eigenvalue weighted by Crippen LogP contribution is -2.05. The Balaban J connectivity index is 2.05. The summed E-state index contributed by atoms with van der Waals surface area (Å²) in [5.41, 5.74) is 5.55. The molecule has 0 N–H and O–H groups in total. The van der Waals surface area contributed by atoms with Crippen LogP contribution >= 0.6 is 0 Å². The maximum atomic E-state index is 11.9. The zero-order valence-corrected chi connectivity index (χ0v) is 14.0. The molecule has 5 heteroatoms. The second-order valence-corrected chi connectivity index (χ2v) is 5.52. The molecule has 0 aliphatic rings. The van der Waals surface area contributed by atoms with E-state index in [1.54, 1.807) is 30.1 Å². The van der Waals surface area contributed by atoms with Crippen LogP contribution in [0.25, 0.3) is 22.4 Å². The Morgan fingerprint density at radius 1 is 1.12 bits per heavy atom. The van der Waals surface area contributed by atoms with E-state index in [0.717, 1.165) is 27.9 Å². The minimum atomic E-state index is -0.401. The first-order chi connectivity index (χ1) is 11.6.